The zero-order valence-corrected chi connectivity index (χ0v) is 13.5. The lowest BCUT2D eigenvalue weighted by Gasteiger charge is -2.35. The van der Waals surface area contributed by atoms with Crippen molar-refractivity contribution in [2.45, 2.75) is 38.0 Å². The lowest BCUT2D eigenvalue weighted by molar-refractivity contribution is 0.256. The molecule has 112 valence electrons. The highest BCUT2D eigenvalue weighted by Crippen LogP contribution is 2.37. The lowest BCUT2D eigenvalue weighted by atomic mass is 9.74. The van der Waals surface area contributed by atoms with Gasteiger partial charge < -0.3 is 9.08 Å². The number of hydrogen-bond acceptors (Lipinski definition) is 4. The van der Waals surface area contributed by atoms with Crippen LogP contribution in [0.2, 0.25) is 0 Å². The van der Waals surface area contributed by atoms with Gasteiger partial charge in [0.2, 0.25) is 12.3 Å². The summed E-state index contributed by atoms with van der Waals surface area (Å²) in [6.07, 6.45) is 5.02. The molecular formula is C16H25NO2S. The van der Waals surface area contributed by atoms with Crippen LogP contribution in [-0.4, -0.2) is 32.1 Å². The van der Waals surface area contributed by atoms with E-state index in [1.54, 1.807) is 7.11 Å². The van der Waals surface area contributed by atoms with Crippen molar-refractivity contribution in [1.82, 2.24) is 4.90 Å². The molecule has 1 fully saturated rings. The SMILES string of the molecule is CCC1(c2cccc(OSOC)c2)CCCCN(C)C1. The first kappa shape index (κ1) is 15.7. The van der Waals surface area contributed by atoms with Crippen molar-refractivity contribution in [3.63, 3.8) is 0 Å². The number of nitrogens with zero attached hydrogens (tertiary/aromatic N) is 1. The minimum Gasteiger partial charge on any atom is -0.400 e. The molecule has 0 spiro atoms. The van der Waals surface area contributed by atoms with E-state index in [0.29, 0.717) is 0 Å². The molecule has 2 rings (SSSR count). The maximum atomic E-state index is 5.52. The van der Waals surface area contributed by atoms with Gasteiger partial charge in [0.25, 0.3) is 0 Å². The fourth-order valence-corrected chi connectivity index (χ4v) is 3.45. The number of likely N-dealkylation sites (N-methyl/N-ethyl adjacent to an activating group) is 1. The van der Waals surface area contributed by atoms with Gasteiger partial charge in [-0.2, -0.15) is 0 Å². The van der Waals surface area contributed by atoms with Crippen molar-refractivity contribution < 1.29 is 8.37 Å². The van der Waals surface area contributed by atoms with Gasteiger partial charge in [0.15, 0.2) is 0 Å². The Morgan fingerprint density at radius 2 is 2.20 bits per heavy atom. The average Bonchev–Trinajstić information content (AvgIpc) is 2.68. The minimum absolute atomic E-state index is 0.252. The fourth-order valence-electron chi connectivity index (χ4n) is 3.20. The summed E-state index contributed by atoms with van der Waals surface area (Å²) < 4.78 is 10.4. The van der Waals surface area contributed by atoms with Crippen LogP contribution in [0.3, 0.4) is 0 Å². The summed E-state index contributed by atoms with van der Waals surface area (Å²) in [5.74, 6) is 0.870. The molecule has 1 aromatic carbocycles. The molecule has 3 nitrogen and oxygen atoms in total. The summed E-state index contributed by atoms with van der Waals surface area (Å²) in [4.78, 5) is 2.47. The van der Waals surface area contributed by atoms with Crippen LogP contribution in [0.5, 0.6) is 5.75 Å². The summed E-state index contributed by atoms with van der Waals surface area (Å²) in [7, 11) is 3.85. The predicted octanol–water partition coefficient (Wildman–Crippen LogP) is 4.04. The molecule has 1 atom stereocenters. The normalized spacial score (nSPS) is 24.4. The van der Waals surface area contributed by atoms with Crippen LogP contribution < -0.4 is 4.18 Å². The number of benzene rings is 1. The predicted molar refractivity (Wildman–Crippen MR) is 85.0 cm³/mol. The summed E-state index contributed by atoms with van der Waals surface area (Å²) >= 11 is 1.02. The molecule has 0 aliphatic carbocycles. The molecule has 1 aliphatic rings. The number of hydrogen-bond donors (Lipinski definition) is 0. The van der Waals surface area contributed by atoms with Crippen LogP contribution >= 0.6 is 12.3 Å². The largest absolute Gasteiger partial charge is 0.400 e. The second kappa shape index (κ2) is 7.34. The van der Waals surface area contributed by atoms with Crippen molar-refractivity contribution in [2.75, 3.05) is 27.2 Å². The van der Waals surface area contributed by atoms with E-state index < -0.39 is 0 Å². The van der Waals surface area contributed by atoms with Crippen molar-refractivity contribution >= 4 is 12.3 Å². The maximum Gasteiger partial charge on any atom is 0.225 e. The van der Waals surface area contributed by atoms with Gasteiger partial charge in [-0.05, 0) is 50.6 Å². The van der Waals surface area contributed by atoms with Crippen LogP contribution in [-0.2, 0) is 9.60 Å². The highest BCUT2D eigenvalue weighted by molar-refractivity contribution is 7.90. The highest BCUT2D eigenvalue weighted by Gasteiger charge is 2.33. The van der Waals surface area contributed by atoms with Crippen molar-refractivity contribution in [3.05, 3.63) is 29.8 Å². The first-order valence-corrected chi connectivity index (χ1v) is 8.03. The van der Waals surface area contributed by atoms with E-state index >= 15 is 0 Å². The second-order valence-corrected chi connectivity index (χ2v) is 6.31. The van der Waals surface area contributed by atoms with Crippen LogP contribution in [0.1, 0.15) is 38.2 Å². The molecule has 1 aromatic rings. The Labute approximate surface area is 127 Å². The lowest BCUT2D eigenvalue weighted by Crippen LogP contribution is -2.37. The summed E-state index contributed by atoms with van der Waals surface area (Å²) in [5, 5.41) is 0. The smallest absolute Gasteiger partial charge is 0.225 e. The Morgan fingerprint density at radius 1 is 1.35 bits per heavy atom. The van der Waals surface area contributed by atoms with E-state index in [0.717, 1.165) is 31.0 Å². The van der Waals surface area contributed by atoms with Crippen LogP contribution in [0.15, 0.2) is 24.3 Å². The molecule has 0 aromatic heterocycles. The van der Waals surface area contributed by atoms with Gasteiger partial charge in [0.05, 0.1) is 7.11 Å². The molecule has 1 unspecified atom stereocenters. The van der Waals surface area contributed by atoms with Gasteiger partial charge in [-0.1, -0.05) is 25.5 Å². The minimum atomic E-state index is 0.252. The van der Waals surface area contributed by atoms with Gasteiger partial charge in [-0.3, -0.25) is 4.18 Å². The third kappa shape index (κ3) is 3.68. The van der Waals surface area contributed by atoms with Crippen LogP contribution in [0.4, 0.5) is 0 Å². The van der Waals surface area contributed by atoms with Crippen molar-refractivity contribution in [1.29, 1.82) is 0 Å². The summed E-state index contributed by atoms with van der Waals surface area (Å²) in [6.45, 7) is 4.64. The first-order valence-electron chi connectivity index (χ1n) is 7.36. The Bertz CT molecular complexity index is 427. The van der Waals surface area contributed by atoms with Crippen molar-refractivity contribution in [2.24, 2.45) is 0 Å². The molecule has 4 heteroatoms. The zero-order chi connectivity index (χ0) is 14.4. The molecule has 0 saturated carbocycles. The molecule has 0 amide bonds. The average molecular weight is 295 g/mol. The molecule has 0 N–H and O–H groups in total. The van der Waals surface area contributed by atoms with E-state index in [1.807, 2.05) is 6.07 Å². The Morgan fingerprint density at radius 3 is 2.95 bits per heavy atom. The standard InChI is InChI=1S/C16H25NO2S/c1-4-16(10-5-6-11-17(2)13-16)14-8-7-9-15(12-14)19-20-18-3/h7-9,12H,4-6,10-11,13H2,1-3H3. The molecule has 1 heterocycles. The topological polar surface area (TPSA) is 21.7 Å². The molecule has 1 saturated heterocycles. The van der Waals surface area contributed by atoms with Gasteiger partial charge in [-0.25, -0.2) is 0 Å². The molecule has 0 radical (unpaired) electrons. The quantitative estimate of drug-likeness (QED) is 0.764. The summed E-state index contributed by atoms with van der Waals surface area (Å²) in [6, 6.07) is 8.49. The Balaban J connectivity index is 2.25. The number of rotatable bonds is 5. The van der Waals surface area contributed by atoms with Gasteiger partial charge in [0.1, 0.15) is 5.75 Å². The molecule has 20 heavy (non-hydrogen) atoms. The van der Waals surface area contributed by atoms with Gasteiger partial charge in [-0.15, -0.1) is 0 Å². The van der Waals surface area contributed by atoms with Crippen molar-refractivity contribution in [3.8, 4) is 5.75 Å². The van der Waals surface area contributed by atoms with E-state index in [9.17, 15) is 0 Å². The highest BCUT2D eigenvalue weighted by atomic mass is 32.2. The number of likely N-dealkylation sites (tertiary alicyclic amines) is 1. The third-order valence-electron chi connectivity index (χ3n) is 4.34. The maximum absolute atomic E-state index is 5.52. The monoisotopic (exact) mass is 295 g/mol. The molecular weight excluding hydrogens is 270 g/mol. The van der Waals surface area contributed by atoms with Gasteiger partial charge >= 0.3 is 0 Å². The summed E-state index contributed by atoms with van der Waals surface area (Å²) in [5.41, 5.74) is 1.64. The third-order valence-corrected chi connectivity index (χ3v) is 4.74. The Hall–Kier alpha value is -0.710. The van der Waals surface area contributed by atoms with Gasteiger partial charge in [0, 0.05) is 12.0 Å². The van der Waals surface area contributed by atoms with Crippen LogP contribution in [0, 0.1) is 0 Å². The first-order chi connectivity index (χ1) is 9.70. The fraction of sp³-hybridized carbons (Fsp3) is 0.625. The zero-order valence-electron chi connectivity index (χ0n) is 12.7. The van der Waals surface area contributed by atoms with E-state index in [4.69, 9.17) is 8.37 Å². The molecule has 1 aliphatic heterocycles. The van der Waals surface area contributed by atoms with E-state index in [2.05, 4.69) is 37.1 Å². The van der Waals surface area contributed by atoms with E-state index in [1.165, 1.54) is 31.4 Å². The van der Waals surface area contributed by atoms with E-state index in [-0.39, 0.29) is 5.41 Å². The molecule has 0 bridgehead atoms. The second-order valence-electron chi connectivity index (χ2n) is 5.67. The Kier molecular flexibility index (Phi) is 5.75. The van der Waals surface area contributed by atoms with Crippen LogP contribution in [0.25, 0.3) is 0 Å².